The minimum Gasteiger partial charge on any atom is -0.424 e. The maximum Gasteiger partial charge on any atom is 0.340 e. The molecule has 1 unspecified atom stereocenters. The number of aliphatic hydroxyl groups is 1. The van der Waals surface area contributed by atoms with Crippen molar-refractivity contribution in [1.29, 1.82) is 0 Å². The number of ether oxygens (including phenoxy) is 1. The van der Waals surface area contributed by atoms with Crippen molar-refractivity contribution in [2.75, 3.05) is 11.5 Å². The van der Waals surface area contributed by atoms with Gasteiger partial charge in [0.1, 0.15) is 11.9 Å². The molecule has 5 N–H and O–H groups in total. The first-order valence-corrected chi connectivity index (χ1v) is 6.12. The van der Waals surface area contributed by atoms with Gasteiger partial charge in [-0.2, -0.15) is 0 Å². The van der Waals surface area contributed by atoms with Gasteiger partial charge in [-0.3, -0.25) is 0 Å². The number of anilines is 2. The van der Waals surface area contributed by atoms with E-state index < -0.39 is 12.1 Å². The number of hydrogen-bond acceptors (Lipinski definition) is 5. The third-order valence-electron chi connectivity index (χ3n) is 2.78. The van der Waals surface area contributed by atoms with Crippen LogP contribution in [0.25, 0.3) is 11.1 Å². The lowest BCUT2D eigenvalue weighted by atomic mass is 10.0. The Morgan fingerprint density at radius 2 is 1.70 bits per heavy atom. The maximum atomic E-state index is 11.5. The van der Waals surface area contributed by atoms with Gasteiger partial charge in [0, 0.05) is 23.0 Å². The lowest BCUT2D eigenvalue weighted by molar-refractivity contribution is -0.142. The van der Waals surface area contributed by atoms with Gasteiger partial charge in [0.15, 0.2) is 0 Å². The maximum absolute atomic E-state index is 11.5. The summed E-state index contributed by atoms with van der Waals surface area (Å²) in [6.45, 7) is 1.34. The van der Waals surface area contributed by atoms with E-state index in [4.69, 9.17) is 16.2 Å². The Bertz CT molecular complexity index is 622. The average molecular weight is 272 g/mol. The van der Waals surface area contributed by atoms with Crippen LogP contribution < -0.4 is 16.2 Å². The molecule has 0 saturated heterocycles. The second kappa shape index (κ2) is 5.63. The topological polar surface area (TPSA) is 98.6 Å². The number of nitrogen functional groups attached to an aromatic ring is 2. The summed E-state index contributed by atoms with van der Waals surface area (Å²) in [5.74, 6) is -0.423. The lowest BCUT2D eigenvalue weighted by Gasteiger charge is -2.12. The number of benzene rings is 2. The second-order valence-electron chi connectivity index (χ2n) is 4.47. The summed E-state index contributed by atoms with van der Waals surface area (Å²) in [6, 6.07) is 12.2. The zero-order chi connectivity index (χ0) is 14.7. The fraction of sp³-hybridized carbons (Fsp3) is 0.133. The molecule has 0 amide bonds. The minimum atomic E-state index is -1.20. The van der Waals surface area contributed by atoms with E-state index in [1.807, 2.05) is 12.1 Å². The van der Waals surface area contributed by atoms with E-state index in [1.165, 1.54) is 6.92 Å². The Balaban J connectivity index is 2.42. The largest absolute Gasteiger partial charge is 0.424 e. The summed E-state index contributed by atoms with van der Waals surface area (Å²) >= 11 is 0. The Hall–Kier alpha value is -2.53. The highest BCUT2D eigenvalue weighted by Crippen LogP contribution is 2.32. The molecule has 0 saturated carbocycles. The van der Waals surface area contributed by atoms with Crippen LogP contribution in [-0.4, -0.2) is 17.2 Å². The number of carbonyl (C=O) groups excluding carboxylic acids is 1. The predicted molar refractivity (Wildman–Crippen MR) is 78.0 cm³/mol. The van der Waals surface area contributed by atoms with Gasteiger partial charge in [-0.05, 0) is 36.8 Å². The van der Waals surface area contributed by atoms with Crippen LogP contribution >= 0.6 is 0 Å². The molecule has 0 radical (unpaired) electrons. The van der Waals surface area contributed by atoms with Crippen molar-refractivity contribution in [1.82, 2.24) is 0 Å². The Morgan fingerprint density at radius 1 is 1.10 bits per heavy atom. The number of esters is 1. The number of rotatable bonds is 3. The molecule has 0 aliphatic carbocycles. The Morgan fingerprint density at radius 3 is 2.30 bits per heavy atom. The zero-order valence-corrected chi connectivity index (χ0v) is 11.0. The molecule has 2 rings (SSSR count). The molecule has 0 bridgehead atoms. The van der Waals surface area contributed by atoms with Crippen molar-refractivity contribution in [2.45, 2.75) is 13.0 Å². The molecule has 20 heavy (non-hydrogen) atoms. The molecule has 0 aliphatic rings. The third kappa shape index (κ3) is 3.07. The highest BCUT2D eigenvalue weighted by Gasteiger charge is 2.15. The average Bonchev–Trinajstić information content (AvgIpc) is 2.40. The van der Waals surface area contributed by atoms with Crippen LogP contribution in [0.5, 0.6) is 5.75 Å². The van der Waals surface area contributed by atoms with Gasteiger partial charge in [0.05, 0.1) is 0 Å². The van der Waals surface area contributed by atoms with Gasteiger partial charge in [-0.1, -0.05) is 12.1 Å². The quantitative estimate of drug-likeness (QED) is 0.449. The standard InChI is InChI=1S/C15H16N2O3/c1-9(18)15(19)20-14-8-12(17)6-7-13(14)10-2-4-11(16)5-3-10/h2-9,18H,16-17H2,1H3. The summed E-state index contributed by atoms with van der Waals surface area (Å²) in [5.41, 5.74) is 14.0. The van der Waals surface area contributed by atoms with Crippen LogP contribution in [-0.2, 0) is 4.79 Å². The molecular weight excluding hydrogens is 256 g/mol. The molecular formula is C15H16N2O3. The van der Waals surface area contributed by atoms with Crippen molar-refractivity contribution in [3.63, 3.8) is 0 Å². The van der Waals surface area contributed by atoms with E-state index in [0.717, 1.165) is 5.56 Å². The molecule has 2 aromatic carbocycles. The Kier molecular flexibility index (Phi) is 3.91. The summed E-state index contributed by atoms with van der Waals surface area (Å²) in [6.07, 6.45) is -1.20. The van der Waals surface area contributed by atoms with E-state index in [-0.39, 0.29) is 0 Å². The van der Waals surface area contributed by atoms with Crippen LogP contribution in [0.1, 0.15) is 6.92 Å². The van der Waals surface area contributed by atoms with Crippen molar-refractivity contribution < 1.29 is 14.6 Å². The van der Waals surface area contributed by atoms with Gasteiger partial charge < -0.3 is 21.3 Å². The monoisotopic (exact) mass is 272 g/mol. The molecule has 1 atom stereocenters. The first kappa shape index (κ1) is 13.9. The first-order chi connectivity index (χ1) is 9.47. The molecule has 5 heteroatoms. The summed E-state index contributed by atoms with van der Waals surface area (Å²) in [4.78, 5) is 11.5. The fourth-order valence-corrected chi connectivity index (χ4v) is 1.72. The molecule has 5 nitrogen and oxygen atoms in total. The predicted octanol–water partition coefficient (Wildman–Crippen LogP) is 1.80. The number of nitrogens with two attached hydrogens (primary N) is 2. The molecule has 0 heterocycles. The van der Waals surface area contributed by atoms with Crippen LogP contribution in [0.15, 0.2) is 42.5 Å². The molecule has 104 valence electrons. The van der Waals surface area contributed by atoms with Crippen molar-refractivity contribution in [3.05, 3.63) is 42.5 Å². The van der Waals surface area contributed by atoms with E-state index in [2.05, 4.69) is 0 Å². The second-order valence-corrected chi connectivity index (χ2v) is 4.47. The first-order valence-electron chi connectivity index (χ1n) is 6.12. The zero-order valence-electron chi connectivity index (χ0n) is 11.0. The summed E-state index contributed by atoms with van der Waals surface area (Å²) < 4.78 is 5.17. The van der Waals surface area contributed by atoms with Crippen LogP contribution in [0.3, 0.4) is 0 Å². The van der Waals surface area contributed by atoms with Gasteiger partial charge in [-0.25, -0.2) is 4.79 Å². The summed E-state index contributed by atoms with van der Waals surface area (Å²) in [7, 11) is 0. The lowest BCUT2D eigenvalue weighted by Crippen LogP contribution is -2.22. The highest BCUT2D eigenvalue weighted by atomic mass is 16.5. The third-order valence-corrected chi connectivity index (χ3v) is 2.78. The van der Waals surface area contributed by atoms with Crippen LogP contribution in [0.2, 0.25) is 0 Å². The smallest absolute Gasteiger partial charge is 0.340 e. The highest BCUT2D eigenvalue weighted by molar-refractivity contribution is 5.81. The molecule has 0 fully saturated rings. The van der Waals surface area contributed by atoms with Crippen LogP contribution in [0.4, 0.5) is 11.4 Å². The van der Waals surface area contributed by atoms with E-state index in [9.17, 15) is 9.90 Å². The summed E-state index contributed by atoms with van der Waals surface area (Å²) in [5, 5.41) is 9.23. The Labute approximate surface area is 116 Å². The molecule has 0 spiro atoms. The minimum absolute atomic E-state index is 0.306. The van der Waals surface area contributed by atoms with E-state index >= 15 is 0 Å². The van der Waals surface area contributed by atoms with E-state index in [0.29, 0.717) is 22.7 Å². The fourth-order valence-electron chi connectivity index (χ4n) is 1.72. The molecule has 0 aromatic heterocycles. The van der Waals surface area contributed by atoms with E-state index in [1.54, 1.807) is 30.3 Å². The van der Waals surface area contributed by atoms with Crippen molar-refractivity contribution >= 4 is 17.3 Å². The van der Waals surface area contributed by atoms with Crippen molar-refractivity contribution in [2.24, 2.45) is 0 Å². The number of hydrogen-bond donors (Lipinski definition) is 3. The number of carbonyl (C=O) groups is 1. The molecule has 0 aliphatic heterocycles. The van der Waals surface area contributed by atoms with Gasteiger partial charge in [0.2, 0.25) is 0 Å². The number of aliphatic hydroxyl groups excluding tert-OH is 1. The SMILES string of the molecule is CC(O)C(=O)Oc1cc(N)ccc1-c1ccc(N)cc1. The van der Waals surface area contributed by atoms with Crippen molar-refractivity contribution in [3.8, 4) is 16.9 Å². The molecule has 2 aromatic rings. The van der Waals surface area contributed by atoms with Crippen LogP contribution in [0, 0.1) is 0 Å². The van der Waals surface area contributed by atoms with Gasteiger partial charge in [0.25, 0.3) is 0 Å². The van der Waals surface area contributed by atoms with Gasteiger partial charge in [-0.15, -0.1) is 0 Å². The normalized spacial score (nSPS) is 11.9. The van der Waals surface area contributed by atoms with Gasteiger partial charge >= 0.3 is 5.97 Å².